The van der Waals surface area contributed by atoms with Crippen LogP contribution in [0.4, 0.5) is 5.13 Å². The number of nitrogens with zero attached hydrogens (tertiary/aromatic N) is 5. The van der Waals surface area contributed by atoms with Crippen molar-refractivity contribution in [3.05, 3.63) is 34.2 Å². The van der Waals surface area contributed by atoms with Crippen LogP contribution in [-0.4, -0.2) is 24.8 Å². The number of hydrogen-bond donors (Lipinski definition) is 1. The summed E-state index contributed by atoms with van der Waals surface area (Å²) in [6.07, 6.45) is 2.82. The van der Waals surface area contributed by atoms with Gasteiger partial charge in [-0.1, -0.05) is 18.3 Å². The Kier molecular flexibility index (Phi) is 3.59. The van der Waals surface area contributed by atoms with Crippen LogP contribution in [0.1, 0.15) is 41.8 Å². The van der Waals surface area contributed by atoms with Gasteiger partial charge in [-0.2, -0.15) is 5.10 Å². The number of nitrogens with one attached hydrogen (secondary N) is 1. The van der Waals surface area contributed by atoms with Gasteiger partial charge in [-0.25, -0.2) is 9.50 Å². The summed E-state index contributed by atoms with van der Waals surface area (Å²) < 4.78 is 1.89. The minimum absolute atomic E-state index is 0.101. The highest BCUT2D eigenvalue weighted by atomic mass is 32.1. The molecule has 7 heteroatoms. The van der Waals surface area contributed by atoms with Crippen molar-refractivity contribution in [3.63, 3.8) is 0 Å². The summed E-state index contributed by atoms with van der Waals surface area (Å²) in [5, 5.41) is 18.0. The van der Waals surface area contributed by atoms with E-state index in [4.69, 9.17) is 0 Å². The first-order valence-corrected chi connectivity index (χ1v) is 7.81. The molecule has 0 aliphatic carbocycles. The van der Waals surface area contributed by atoms with Crippen molar-refractivity contribution >= 4 is 22.1 Å². The second-order valence-electron chi connectivity index (χ2n) is 5.08. The van der Waals surface area contributed by atoms with Gasteiger partial charge in [0.15, 0.2) is 5.65 Å². The number of rotatable bonds is 4. The van der Waals surface area contributed by atoms with Crippen LogP contribution in [-0.2, 0) is 6.42 Å². The lowest BCUT2D eigenvalue weighted by atomic mass is 10.1. The zero-order chi connectivity index (χ0) is 15.0. The van der Waals surface area contributed by atoms with E-state index in [0.29, 0.717) is 0 Å². The number of hydrogen-bond acceptors (Lipinski definition) is 6. The molecule has 0 aliphatic rings. The zero-order valence-electron chi connectivity index (χ0n) is 12.6. The van der Waals surface area contributed by atoms with Crippen LogP contribution < -0.4 is 5.32 Å². The predicted molar refractivity (Wildman–Crippen MR) is 83.8 cm³/mol. The van der Waals surface area contributed by atoms with Crippen molar-refractivity contribution in [1.29, 1.82) is 0 Å². The third-order valence-electron chi connectivity index (χ3n) is 3.46. The largest absolute Gasteiger partial charge is 0.353 e. The zero-order valence-corrected chi connectivity index (χ0v) is 13.4. The summed E-state index contributed by atoms with van der Waals surface area (Å²) in [5.41, 5.74) is 4.05. The number of anilines is 1. The van der Waals surface area contributed by atoms with Gasteiger partial charge in [0.2, 0.25) is 5.13 Å². The van der Waals surface area contributed by atoms with E-state index in [-0.39, 0.29) is 6.04 Å². The van der Waals surface area contributed by atoms with Crippen LogP contribution in [0.25, 0.3) is 5.65 Å². The molecular weight excluding hydrogens is 284 g/mol. The molecule has 1 atom stereocenters. The smallest absolute Gasteiger partial charge is 0.206 e. The Morgan fingerprint density at radius 3 is 2.86 bits per heavy atom. The minimum Gasteiger partial charge on any atom is -0.353 e. The molecule has 0 radical (unpaired) electrons. The first-order chi connectivity index (χ1) is 10.1. The van der Waals surface area contributed by atoms with Gasteiger partial charge < -0.3 is 5.32 Å². The monoisotopic (exact) mass is 302 g/mol. The van der Waals surface area contributed by atoms with Crippen molar-refractivity contribution < 1.29 is 0 Å². The lowest BCUT2D eigenvalue weighted by Crippen LogP contribution is -2.11. The van der Waals surface area contributed by atoms with Gasteiger partial charge in [-0.15, -0.1) is 10.2 Å². The van der Waals surface area contributed by atoms with Crippen LogP contribution in [0.3, 0.4) is 0 Å². The second kappa shape index (κ2) is 5.40. The van der Waals surface area contributed by atoms with Gasteiger partial charge in [-0.3, -0.25) is 0 Å². The Bertz CT molecular complexity index is 775. The van der Waals surface area contributed by atoms with E-state index in [1.54, 1.807) is 11.3 Å². The van der Waals surface area contributed by atoms with E-state index in [1.165, 1.54) is 0 Å². The molecule has 6 nitrogen and oxygen atoms in total. The van der Waals surface area contributed by atoms with E-state index in [2.05, 4.69) is 46.4 Å². The molecule has 1 unspecified atom stereocenters. The molecule has 0 spiro atoms. The number of fused-ring (bicyclic) bond motifs is 1. The van der Waals surface area contributed by atoms with Crippen LogP contribution >= 0.6 is 11.3 Å². The number of aromatic nitrogens is 5. The van der Waals surface area contributed by atoms with Gasteiger partial charge in [0.25, 0.3) is 0 Å². The van der Waals surface area contributed by atoms with Gasteiger partial charge in [0.1, 0.15) is 5.01 Å². The molecule has 0 amide bonds. The van der Waals surface area contributed by atoms with E-state index in [0.717, 1.165) is 39.2 Å². The Labute approximate surface area is 127 Å². The maximum absolute atomic E-state index is 4.48. The minimum atomic E-state index is 0.101. The first-order valence-electron chi connectivity index (χ1n) is 6.99. The Morgan fingerprint density at radius 1 is 1.33 bits per heavy atom. The third kappa shape index (κ3) is 2.61. The highest BCUT2D eigenvalue weighted by Crippen LogP contribution is 2.24. The first kappa shape index (κ1) is 13.9. The fourth-order valence-corrected chi connectivity index (χ4v) is 3.09. The standard InChI is InChI=1S/C14H18N6S/c1-5-13-17-18-14(21-13)16-9(3)11-7-15-12-6-8(2)19-20(12)10(11)4/h6-7,9H,5H2,1-4H3,(H,16,18). The normalized spacial score (nSPS) is 12.8. The molecule has 21 heavy (non-hydrogen) atoms. The van der Waals surface area contributed by atoms with Crippen LogP contribution in [0.5, 0.6) is 0 Å². The predicted octanol–water partition coefficient (Wildman–Crippen LogP) is 2.93. The fourth-order valence-electron chi connectivity index (χ4n) is 2.32. The lowest BCUT2D eigenvalue weighted by Gasteiger charge is -2.15. The molecule has 110 valence electrons. The molecule has 0 fully saturated rings. The molecule has 0 bridgehead atoms. The van der Waals surface area contributed by atoms with Crippen molar-refractivity contribution in [2.45, 2.75) is 40.2 Å². The quantitative estimate of drug-likeness (QED) is 0.802. The summed E-state index contributed by atoms with van der Waals surface area (Å²) in [5.74, 6) is 0. The van der Waals surface area contributed by atoms with E-state index in [1.807, 2.05) is 23.7 Å². The van der Waals surface area contributed by atoms with Gasteiger partial charge in [0, 0.05) is 23.5 Å². The summed E-state index contributed by atoms with van der Waals surface area (Å²) >= 11 is 1.59. The number of aryl methyl sites for hydroxylation is 3. The molecule has 3 rings (SSSR count). The summed E-state index contributed by atoms with van der Waals surface area (Å²) in [7, 11) is 0. The molecule has 3 heterocycles. The molecular formula is C14H18N6S. The third-order valence-corrected chi connectivity index (χ3v) is 4.46. The Balaban J connectivity index is 1.90. The van der Waals surface area contributed by atoms with Crippen LogP contribution in [0.15, 0.2) is 12.3 Å². The molecule has 1 N–H and O–H groups in total. The van der Waals surface area contributed by atoms with E-state index < -0.39 is 0 Å². The van der Waals surface area contributed by atoms with Crippen molar-refractivity contribution in [1.82, 2.24) is 24.8 Å². The molecule has 3 aromatic rings. The Hall–Kier alpha value is -2.02. The van der Waals surface area contributed by atoms with Crippen molar-refractivity contribution in [2.24, 2.45) is 0 Å². The second-order valence-corrected chi connectivity index (χ2v) is 6.14. The fraction of sp³-hybridized carbons (Fsp3) is 0.429. The van der Waals surface area contributed by atoms with Crippen molar-refractivity contribution in [3.8, 4) is 0 Å². The molecule has 0 saturated carbocycles. The average Bonchev–Trinajstić information content (AvgIpc) is 3.05. The van der Waals surface area contributed by atoms with Crippen LogP contribution in [0.2, 0.25) is 0 Å². The maximum Gasteiger partial charge on any atom is 0.206 e. The van der Waals surface area contributed by atoms with Gasteiger partial charge >= 0.3 is 0 Å². The van der Waals surface area contributed by atoms with Crippen LogP contribution in [0, 0.1) is 13.8 Å². The van der Waals surface area contributed by atoms with E-state index >= 15 is 0 Å². The Morgan fingerprint density at radius 2 is 2.14 bits per heavy atom. The van der Waals surface area contributed by atoms with Gasteiger partial charge in [0.05, 0.1) is 11.7 Å². The molecule has 0 aromatic carbocycles. The van der Waals surface area contributed by atoms with Gasteiger partial charge in [-0.05, 0) is 27.2 Å². The molecule has 3 aromatic heterocycles. The SMILES string of the molecule is CCc1nnc(NC(C)c2cnc3cc(C)nn3c2C)s1. The molecule has 0 aliphatic heterocycles. The molecule has 0 saturated heterocycles. The maximum atomic E-state index is 4.48. The summed E-state index contributed by atoms with van der Waals surface area (Å²) in [4.78, 5) is 4.47. The average molecular weight is 302 g/mol. The summed E-state index contributed by atoms with van der Waals surface area (Å²) in [6, 6.07) is 2.08. The highest BCUT2D eigenvalue weighted by Gasteiger charge is 2.14. The van der Waals surface area contributed by atoms with Crippen molar-refractivity contribution in [2.75, 3.05) is 5.32 Å². The summed E-state index contributed by atoms with van der Waals surface area (Å²) in [6.45, 7) is 8.21. The lowest BCUT2D eigenvalue weighted by molar-refractivity contribution is 0.794. The van der Waals surface area contributed by atoms with E-state index in [9.17, 15) is 0 Å². The highest BCUT2D eigenvalue weighted by molar-refractivity contribution is 7.15. The topological polar surface area (TPSA) is 68.0 Å².